The number of allylic oxidation sites excluding steroid dienone is 2. The molecular weight excluding hydrogens is 933 g/mol. The molecule has 0 aromatic heterocycles. The number of methoxy groups -OCH3 is 4. The van der Waals surface area contributed by atoms with Crippen molar-refractivity contribution in [2.24, 2.45) is 34.5 Å². The van der Waals surface area contributed by atoms with Gasteiger partial charge in [-0.15, -0.1) is 0 Å². The first-order valence-electron chi connectivity index (χ1n) is 27.0. The van der Waals surface area contributed by atoms with Crippen molar-refractivity contribution < 1.29 is 81.8 Å². The normalized spacial score (nSPS) is 49.8. The number of carbonyl (C=O) groups excluding carboxylic acids is 2. The summed E-state index contributed by atoms with van der Waals surface area (Å²) in [5, 5.41) is 34.9. The summed E-state index contributed by atoms with van der Waals surface area (Å²) in [5.74, 6) is -0.586. The van der Waals surface area contributed by atoms with Crippen molar-refractivity contribution in [3.05, 3.63) is 23.3 Å². The van der Waals surface area contributed by atoms with E-state index in [1.54, 1.807) is 48.2 Å². The first-order chi connectivity index (χ1) is 34.1. The van der Waals surface area contributed by atoms with Crippen molar-refractivity contribution in [1.29, 1.82) is 0 Å². The monoisotopic (exact) mass is 1020 g/mol. The Balaban J connectivity index is 0.864. The number of esters is 1. The minimum absolute atomic E-state index is 0.0204. The van der Waals surface area contributed by atoms with E-state index in [0.717, 1.165) is 32.1 Å². The number of Topliss-reactive ketones (excluding diaryl/α,β-unsaturated/α-hetero) is 1. The van der Waals surface area contributed by atoms with Crippen molar-refractivity contribution in [1.82, 2.24) is 0 Å². The molecule has 7 fully saturated rings. The van der Waals surface area contributed by atoms with Crippen LogP contribution in [0.2, 0.25) is 0 Å². The van der Waals surface area contributed by atoms with Crippen LogP contribution in [0.25, 0.3) is 0 Å². The van der Waals surface area contributed by atoms with Crippen molar-refractivity contribution in [2.45, 2.75) is 249 Å². The Labute approximate surface area is 427 Å². The number of ether oxygens (including phenoxy) is 12. The number of ketones is 1. The molecule has 17 nitrogen and oxygen atoms in total. The zero-order chi connectivity index (χ0) is 52.2. The Hall–Kier alpha value is -1.94. The van der Waals surface area contributed by atoms with E-state index >= 15 is 0 Å². The molecule has 0 amide bonds. The molecule has 17 heteroatoms. The van der Waals surface area contributed by atoms with Crippen molar-refractivity contribution in [2.75, 3.05) is 28.4 Å². The average molecular weight is 1020 g/mol. The number of hydrogen-bond donors (Lipinski definition) is 3. The Kier molecular flexibility index (Phi) is 17.6. The van der Waals surface area contributed by atoms with Crippen LogP contribution in [-0.4, -0.2) is 172 Å². The largest absolute Gasteiger partial charge is 0.458 e. The van der Waals surface area contributed by atoms with Gasteiger partial charge in [-0.1, -0.05) is 38.5 Å². The van der Waals surface area contributed by atoms with Crippen molar-refractivity contribution in [3.8, 4) is 0 Å². The van der Waals surface area contributed by atoms with Crippen LogP contribution in [0.1, 0.15) is 133 Å². The van der Waals surface area contributed by atoms with Crippen LogP contribution >= 0.6 is 0 Å². The van der Waals surface area contributed by atoms with Crippen LogP contribution in [0.4, 0.5) is 0 Å². The first kappa shape index (κ1) is 56.3. The third-order valence-corrected chi connectivity index (χ3v) is 19.4. The lowest BCUT2D eigenvalue weighted by molar-refractivity contribution is -0.362. The lowest BCUT2D eigenvalue weighted by Crippen LogP contribution is -2.66. The quantitative estimate of drug-likeness (QED) is 0.0993. The van der Waals surface area contributed by atoms with Gasteiger partial charge in [0.15, 0.2) is 18.9 Å². The fourth-order valence-electron chi connectivity index (χ4n) is 15.0. The highest BCUT2D eigenvalue weighted by Gasteiger charge is 2.71. The molecule has 3 N–H and O–H groups in total. The maximum atomic E-state index is 13.4. The smallest absolute Gasteiger partial charge is 0.333 e. The van der Waals surface area contributed by atoms with E-state index in [0.29, 0.717) is 44.1 Å². The van der Waals surface area contributed by atoms with E-state index in [1.807, 2.05) is 27.7 Å². The summed E-state index contributed by atoms with van der Waals surface area (Å²) in [7, 11) is 6.39. The molecule has 410 valence electrons. The summed E-state index contributed by atoms with van der Waals surface area (Å²) < 4.78 is 75.1. The molecule has 8 rings (SSSR count). The molecule has 72 heavy (non-hydrogen) atoms. The summed E-state index contributed by atoms with van der Waals surface area (Å²) >= 11 is 0. The predicted molar refractivity (Wildman–Crippen MR) is 261 cm³/mol. The van der Waals surface area contributed by atoms with Gasteiger partial charge in [-0.2, -0.15) is 0 Å². The van der Waals surface area contributed by atoms with E-state index in [2.05, 4.69) is 19.9 Å². The van der Waals surface area contributed by atoms with Crippen LogP contribution in [-0.2, 0) is 66.4 Å². The second-order valence-electron chi connectivity index (χ2n) is 23.2. The van der Waals surface area contributed by atoms with Gasteiger partial charge in [-0.3, -0.25) is 4.79 Å². The molecule has 0 aromatic carbocycles. The molecule has 3 heterocycles. The van der Waals surface area contributed by atoms with E-state index < -0.39 is 97.0 Å². The lowest BCUT2D eigenvalue weighted by atomic mass is 9.45. The Morgan fingerprint density at radius 3 is 1.97 bits per heavy atom. The number of fused-ring (bicyclic) bond motifs is 5. The molecule has 8 aliphatic rings. The van der Waals surface area contributed by atoms with Crippen LogP contribution in [0.3, 0.4) is 0 Å². The predicted octanol–water partition coefficient (Wildman–Crippen LogP) is 5.89. The van der Waals surface area contributed by atoms with Gasteiger partial charge in [0.1, 0.15) is 42.4 Å². The second kappa shape index (κ2) is 22.6. The van der Waals surface area contributed by atoms with Gasteiger partial charge in [0.05, 0.1) is 60.5 Å². The highest BCUT2D eigenvalue weighted by atomic mass is 16.8. The molecule has 25 atom stereocenters. The maximum Gasteiger partial charge on any atom is 0.333 e. The third kappa shape index (κ3) is 10.3. The zero-order valence-corrected chi connectivity index (χ0v) is 45.2. The highest BCUT2D eigenvalue weighted by molar-refractivity contribution is 5.88. The Morgan fingerprint density at radius 1 is 0.681 bits per heavy atom. The molecule has 0 aromatic rings. The molecule has 3 aliphatic heterocycles. The van der Waals surface area contributed by atoms with Crippen LogP contribution in [0, 0.1) is 34.5 Å². The number of hydrogen-bond acceptors (Lipinski definition) is 17. The van der Waals surface area contributed by atoms with Gasteiger partial charge < -0.3 is 72.2 Å². The molecule has 0 bridgehead atoms. The fraction of sp³-hybridized carbons (Fsp3) is 0.891. The van der Waals surface area contributed by atoms with Gasteiger partial charge in [0.25, 0.3) is 0 Å². The number of rotatable bonds is 15. The zero-order valence-electron chi connectivity index (χ0n) is 45.2. The maximum absolute atomic E-state index is 13.4. The SMILES string of the molecule is C/C=C(\C)C(=O)OC1CC2C(CC=C3CC(O[C@@H]4CC(C)[C@H](O[C@H]5CC(OC)[C@@H](O[C@@H]6OC(C)[C@H](O[C@H]7CC(OC)[C@@H](O)C(C)O7)C(OC)[C@H]6O)C(C)O5)C(OC)C4)CCC32C)C2(O)CCC(C(C)=O)C12C. The molecule has 0 spiro atoms. The molecular formula is C55H88O17. The molecule has 3 saturated heterocycles. The first-order valence-corrected chi connectivity index (χ1v) is 27.0. The summed E-state index contributed by atoms with van der Waals surface area (Å²) in [5.41, 5.74) is -0.340. The number of carbonyl (C=O) groups is 2. The van der Waals surface area contributed by atoms with E-state index in [4.69, 9.17) is 56.8 Å². The minimum atomic E-state index is -1.22. The minimum Gasteiger partial charge on any atom is -0.458 e. The van der Waals surface area contributed by atoms with E-state index in [9.17, 15) is 24.9 Å². The standard InChI is InChI=1S/C55H88O17/c1-14-27(2)51(59)69-42-24-38-37(55(60)20-18-36(29(4)56)54(42,55)9)16-15-33-22-34(17-19-53(33,38)8)68-35-21-28(3)47(40(23-35)62-11)70-44-26-41(63-12)48(31(6)66-44)72-52-46(58)50(64-13)49(32(7)67-52)71-43-25-39(61-10)45(57)30(5)65-43/h14-15,28,30-32,34-50,52,57-58,60H,16-26H2,1-13H3/b27-14+/t28?,30?,31?,32?,34?,35-,36?,37?,38?,39?,40?,41?,42?,43+,44+,45+,46-,47+,48+,49+,50?,52+,53?,54?,55?/m1/s1. The molecule has 16 unspecified atom stereocenters. The molecule has 5 aliphatic carbocycles. The summed E-state index contributed by atoms with van der Waals surface area (Å²) in [6, 6.07) is 0. The van der Waals surface area contributed by atoms with Gasteiger partial charge >= 0.3 is 5.97 Å². The van der Waals surface area contributed by atoms with Crippen LogP contribution in [0.5, 0.6) is 0 Å². The van der Waals surface area contributed by atoms with Crippen LogP contribution < -0.4 is 0 Å². The second-order valence-corrected chi connectivity index (χ2v) is 23.2. The van der Waals surface area contributed by atoms with E-state index in [1.165, 1.54) is 12.7 Å². The summed E-state index contributed by atoms with van der Waals surface area (Å²) in [6.45, 7) is 17.2. The van der Waals surface area contributed by atoms with Crippen LogP contribution in [0.15, 0.2) is 23.3 Å². The molecule has 0 radical (unpaired) electrons. The average Bonchev–Trinajstić information content (AvgIpc) is 3.64. The van der Waals surface area contributed by atoms with Gasteiger partial charge in [-0.25, -0.2) is 4.79 Å². The van der Waals surface area contributed by atoms with E-state index in [-0.39, 0.29) is 65.3 Å². The van der Waals surface area contributed by atoms with Crippen molar-refractivity contribution in [3.63, 3.8) is 0 Å². The van der Waals surface area contributed by atoms with Gasteiger partial charge in [-0.05, 0) is 116 Å². The summed E-state index contributed by atoms with van der Waals surface area (Å²) in [4.78, 5) is 26.5. The Morgan fingerprint density at radius 2 is 1.32 bits per heavy atom. The fourth-order valence-corrected chi connectivity index (χ4v) is 15.0. The third-order valence-electron chi connectivity index (χ3n) is 19.4. The number of aliphatic hydroxyl groups excluding tert-OH is 2. The molecule has 4 saturated carbocycles. The van der Waals surface area contributed by atoms with Gasteiger partial charge in [0.2, 0.25) is 0 Å². The van der Waals surface area contributed by atoms with Gasteiger partial charge in [0, 0.05) is 64.6 Å². The summed E-state index contributed by atoms with van der Waals surface area (Å²) in [6.07, 6.45) is 1.06. The number of aliphatic hydroxyl groups is 3. The van der Waals surface area contributed by atoms with Crippen molar-refractivity contribution >= 4 is 11.8 Å². The highest BCUT2D eigenvalue weighted by Crippen LogP contribution is 2.69. The topological polar surface area (TPSA) is 206 Å². The lowest BCUT2D eigenvalue weighted by Gasteiger charge is -2.63. The Bertz CT molecular complexity index is 1950.